The van der Waals surface area contributed by atoms with Gasteiger partial charge in [0, 0.05) is 13.2 Å². The van der Waals surface area contributed by atoms with Crippen LogP contribution in [-0.2, 0) is 10.0 Å². The zero-order valence-electron chi connectivity index (χ0n) is 8.93. The third kappa shape index (κ3) is 3.74. The van der Waals surface area contributed by atoms with Gasteiger partial charge in [-0.15, -0.1) is 0 Å². The Labute approximate surface area is 85.6 Å². The van der Waals surface area contributed by atoms with Gasteiger partial charge in [0.25, 0.3) is 0 Å². The molecule has 0 fully saturated rings. The molecule has 0 bridgehead atoms. The Morgan fingerprint density at radius 3 is 2.29 bits per heavy atom. The molecule has 4 nitrogen and oxygen atoms in total. The van der Waals surface area contributed by atoms with Crippen LogP contribution in [0.5, 0.6) is 0 Å². The van der Waals surface area contributed by atoms with Crippen LogP contribution in [0.15, 0.2) is 24.5 Å². The molecular weight excluding hydrogens is 200 g/mol. The molecule has 0 saturated heterocycles. The minimum absolute atomic E-state index is 0.569. The smallest absolute Gasteiger partial charge is 0.232 e. The van der Waals surface area contributed by atoms with Crippen molar-refractivity contribution < 1.29 is 8.42 Å². The Balaban J connectivity index is 0.000000791. The average Bonchev–Trinajstić information content (AvgIpc) is 2.20. The van der Waals surface area contributed by atoms with Gasteiger partial charge < -0.3 is 0 Å². The van der Waals surface area contributed by atoms with E-state index >= 15 is 0 Å². The topological polar surface area (TPSA) is 50.3 Å². The molecule has 0 amide bonds. The summed E-state index contributed by atoms with van der Waals surface area (Å²) in [7, 11) is -1.67. The van der Waals surface area contributed by atoms with Crippen LogP contribution >= 0.6 is 0 Å². The van der Waals surface area contributed by atoms with E-state index in [2.05, 4.69) is 4.98 Å². The third-order valence-electron chi connectivity index (χ3n) is 1.51. The van der Waals surface area contributed by atoms with Gasteiger partial charge in [0.2, 0.25) is 10.0 Å². The Morgan fingerprint density at radius 2 is 1.93 bits per heavy atom. The SMILES string of the molecule is CC.CN(c1cccnc1)S(C)(=O)=O. The highest BCUT2D eigenvalue weighted by Crippen LogP contribution is 2.11. The van der Waals surface area contributed by atoms with Gasteiger partial charge in [-0.3, -0.25) is 9.29 Å². The van der Waals surface area contributed by atoms with Gasteiger partial charge in [-0.25, -0.2) is 8.42 Å². The first-order valence-corrected chi connectivity index (χ1v) is 6.20. The van der Waals surface area contributed by atoms with Crippen LogP contribution in [0.25, 0.3) is 0 Å². The maximum Gasteiger partial charge on any atom is 0.232 e. The summed E-state index contributed by atoms with van der Waals surface area (Å²) >= 11 is 0. The summed E-state index contributed by atoms with van der Waals surface area (Å²) in [5, 5.41) is 0. The molecule has 1 aromatic rings. The maximum absolute atomic E-state index is 11.0. The third-order valence-corrected chi connectivity index (χ3v) is 2.71. The number of pyridine rings is 1. The van der Waals surface area contributed by atoms with Gasteiger partial charge in [-0.05, 0) is 12.1 Å². The van der Waals surface area contributed by atoms with Gasteiger partial charge in [-0.2, -0.15) is 0 Å². The van der Waals surface area contributed by atoms with E-state index in [-0.39, 0.29) is 0 Å². The van der Waals surface area contributed by atoms with Gasteiger partial charge >= 0.3 is 0 Å². The van der Waals surface area contributed by atoms with E-state index in [0.29, 0.717) is 5.69 Å². The highest BCUT2D eigenvalue weighted by molar-refractivity contribution is 7.92. The van der Waals surface area contributed by atoms with E-state index in [1.165, 1.54) is 17.5 Å². The van der Waals surface area contributed by atoms with Gasteiger partial charge in [0.05, 0.1) is 18.1 Å². The molecule has 0 aliphatic rings. The van der Waals surface area contributed by atoms with E-state index in [9.17, 15) is 8.42 Å². The first kappa shape index (κ1) is 12.9. The fourth-order valence-corrected chi connectivity index (χ4v) is 1.22. The van der Waals surface area contributed by atoms with Crippen molar-refractivity contribution in [2.24, 2.45) is 0 Å². The predicted molar refractivity (Wildman–Crippen MR) is 58.8 cm³/mol. The molecule has 5 heteroatoms. The van der Waals surface area contributed by atoms with E-state index < -0.39 is 10.0 Å². The van der Waals surface area contributed by atoms with Crippen LogP contribution in [0.3, 0.4) is 0 Å². The largest absolute Gasteiger partial charge is 0.272 e. The van der Waals surface area contributed by atoms with Crippen LogP contribution in [0.4, 0.5) is 5.69 Å². The number of hydrogen-bond acceptors (Lipinski definition) is 3. The first-order chi connectivity index (χ1) is 6.52. The molecule has 0 aliphatic heterocycles. The van der Waals surface area contributed by atoms with Crippen LogP contribution in [0.2, 0.25) is 0 Å². The molecule has 0 aliphatic carbocycles. The molecule has 0 atom stereocenters. The van der Waals surface area contributed by atoms with Crippen molar-refractivity contribution in [1.82, 2.24) is 4.98 Å². The zero-order valence-corrected chi connectivity index (χ0v) is 9.75. The van der Waals surface area contributed by atoms with Crippen LogP contribution < -0.4 is 4.31 Å². The minimum atomic E-state index is -3.16. The number of sulfonamides is 1. The summed E-state index contributed by atoms with van der Waals surface area (Å²) in [5.74, 6) is 0. The maximum atomic E-state index is 11.0. The molecule has 0 saturated carbocycles. The molecule has 0 radical (unpaired) electrons. The first-order valence-electron chi connectivity index (χ1n) is 4.36. The number of anilines is 1. The summed E-state index contributed by atoms with van der Waals surface area (Å²) in [5.41, 5.74) is 0.569. The van der Waals surface area contributed by atoms with Gasteiger partial charge in [-0.1, -0.05) is 13.8 Å². The molecule has 80 valence electrons. The lowest BCUT2D eigenvalue weighted by Gasteiger charge is -2.15. The van der Waals surface area contributed by atoms with Crippen molar-refractivity contribution in [3.05, 3.63) is 24.5 Å². The number of rotatable bonds is 2. The predicted octanol–water partition coefficient (Wildman–Crippen LogP) is 1.50. The molecule has 0 unspecified atom stereocenters. The second-order valence-corrected chi connectivity index (χ2v) is 4.46. The molecule has 0 aromatic carbocycles. The monoisotopic (exact) mass is 216 g/mol. The average molecular weight is 216 g/mol. The highest BCUT2D eigenvalue weighted by Gasteiger charge is 2.10. The lowest BCUT2D eigenvalue weighted by molar-refractivity contribution is 0.600. The van der Waals surface area contributed by atoms with E-state index in [1.807, 2.05) is 13.8 Å². The summed E-state index contributed by atoms with van der Waals surface area (Å²) in [6.07, 6.45) is 4.25. The van der Waals surface area contributed by atoms with Crippen molar-refractivity contribution in [3.8, 4) is 0 Å². The lowest BCUT2D eigenvalue weighted by atomic mass is 10.4. The lowest BCUT2D eigenvalue weighted by Crippen LogP contribution is -2.24. The molecule has 0 spiro atoms. The molecule has 1 rings (SSSR count). The normalized spacial score (nSPS) is 10.0. The Hall–Kier alpha value is -1.10. The summed E-state index contributed by atoms with van der Waals surface area (Å²) in [4.78, 5) is 3.81. The van der Waals surface area contributed by atoms with Crippen molar-refractivity contribution in [1.29, 1.82) is 0 Å². The fourth-order valence-electron chi connectivity index (χ4n) is 0.731. The van der Waals surface area contributed by atoms with E-state index in [0.717, 1.165) is 6.26 Å². The van der Waals surface area contributed by atoms with Crippen LogP contribution in [0.1, 0.15) is 13.8 Å². The summed E-state index contributed by atoms with van der Waals surface area (Å²) < 4.78 is 23.2. The number of hydrogen-bond donors (Lipinski definition) is 0. The standard InChI is InChI=1S/C7H10N2O2S.C2H6/c1-9(12(2,10)11)7-4-3-5-8-6-7;1-2/h3-6H,1-2H3;1-2H3. The Kier molecular flexibility index (Phi) is 5.15. The quantitative estimate of drug-likeness (QED) is 0.752. The molecular formula is C9H16N2O2S. The van der Waals surface area contributed by atoms with Gasteiger partial charge in [0.1, 0.15) is 0 Å². The number of nitrogens with zero attached hydrogens (tertiary/aromatic N) is 2. The van der Waals surface area contributed by atoms with E-state index in [4.69, 9.17) is 0 Å². The molecule has 1 heterocycles. The second kappa shape index (κ2) is 5.59. The van der Waals surface area contributed by atoms with Crippen molar-refractivity contribution in [3.63, 3.8) is 0 Å². The fraction of sp³-hybridized carbons (Fsp3) is 0.444. The molecule has 14 heavy (non-hydrogen) atoms. The second-order valence-electron chi connectivity index (χ2n) is 2.44. The molecule has 1 aromatic heterocycles. The molecule has 0 N–H and O–H groups in total. The Morgan fingerprint density at radius 1 is 1.36 bits per heavy atom. The van der Waals surface area contributed by atoms with Crippen LogP contribution in [0, 0.1) is 0 Å². The highest BCUT2D eigenvalue weighted by atomic mass is 32.2. The van der Waals surface area contributed by atoms with Crippen molar-refractivity contribution in [2.75, 3.05) is 17.6 Å². The Bertz CT molecular complexity index is 348. The zero-order chi connectivity index (χ0) is 11.2. The van der Waals surface area contributed by atoms with Gasteiger partial charge in [0.15, 0.2) is 0 Å². The van der Waals surface area contributed by atoms with Crippen molar-refractivity contribution >= 4 is 15.7 Å². The minimum Gasteiger partial charge on any atom is -0.272 e. The summed E-state index contributed by atoms with van der Waals surface area (Å²) in [6.45, 7) is 4.00. The van der Waals surface area contributed by atoms with E-state index in [1.54, 1.807) is 18.3 Å². The summed E-state index contributed by atoms with van der Waals surface area (Å²) in [6, 6.07) is 3.38. The van der Waals surface area contributed by atoms with Crippen LogP contribution in [-0.4, -0.2) is 26.7 Å². The van der Waals surface area contributed by atoms with Crippen molar-refractivity contribution in [2.45, 2.75) is 13.8 Å². The number of aromatic nitrogens is 1.